The van der Waals surface area contributed by atoms with Gasteiger partial charge in [0.1, 0.15) is 23.1 Å². The molecular weight excluding hydrogens is 327 g/mol. The number of nitro benzene ring substituents is 1. The number of nitrogens with one attached hydrogen (secondary N) is 1. The van der Waals surface area contributed by atoms with Crippen molar-refractivity contribution in [3.05, 3.63) is 40.2 Å². The van der Waals surface area contributed by atoms with E-state index in [1.165, 1.54) is 6.07 Å². The number of benzene rings is 1. The van der Waals surface area contributed by atoms with Crippen molar-refractivity contribution in [3.8, 4) is 0 Å². The highest BCUT2D eigenvalue weighted by Crippen LogP contribution is 2.25. The predicted octanol–water partition coefficient (Wildman–Crippen LogP) is 1.42. The van der Waals surface area contributed by atoms with Gasteiger partial charge in [-0.25, -0.2) is 14.4 Å². The first-order valence-electron chi connectivity index (χ1n) is 6.12. The van der Waals surface area contributed by atoms with Crippen LogP contribution in [-0.2, 0) is 4.79 Å². The van der Waals surface area contributed by atoms with E-state index >= 15 is 0 Å². The van der Waals surface area contributed by atoms with E-state index < -0.39 is 22.3 Å². The van der Waals surface area contributed by atoms with Gasteiger partial charge in [0.2, 0.25) is 5.91 Å². The van der Waals surface area contributed by atoms with E-state index in [2.05, 4.69) is 15.3 Å². The van der Waals surface area contributed by atoms with Crippen LogP contribution < -0.4 is 16.8 Å². The van der Waals surface area contributed by atoms with Crippen LogP contribution in [0.1, 0.15) is 0 Å². The van der Waals surface area contributed by atoms with Crippen LogP contribution in [0.3, 0.4) is 0 Å². The lowest BCUT2D eigenvalue weighted by molar-refractivity contribution is -0.384. The largest absolute Gasteiger partial charge is 0.383 e. The molecule has 0 saturated carbocycles. The van der Waals surface area contributed by atoms with Gasteiger partial charge in [-0.05, 0) is 12.1 Å². The van der Waals surface area contributed by atoms with Gasteiger partial charge >= 0.3 is 0 Å². The average molecular weight is 338 g/mol. The molecule has 1 amide bonds. The molecule has 5 N–H and O–H groups in total. The summed E-state index contributed by atoms with van der Waals surface area (Å²) < 4.78 is 13.0. The monoisotopic (exact) mass is 338 g/mol. The van der Waals surface area contributed by atoms with Crippen molar-refractivity contribution >= 4 is 40.7 Å². The molecule has 0 aliphatic rings. The molecule has 1 aromatic heterocycles. The van der Waals surface area contributed by atoms with Crippen molar-refractivity contribution in [2.24, 2.45) is 0 Å². The zero-order valence-corrected chi connectivity index (χ0v) is 12.3. The fourth-order valence-corrected chi connectivity index (χ4v) is 2.28. The number of carbonyl (C=O) groups excluding carboxylic acids is 1. The van der Waals surface area contributed by atoms with Crippen LogP contribution in [0.4, 0.5) is 27.4 Å². The lowest BCUT2D eigenvalue weighted by Crippen LogP contribution is -2.15. The summed E-state index contributed by atoms with van der Waals surface area (Å²) >= 11 is 0.955. The summed E-state index contributed by atoms with van der Waals surface area (Å²) in [4.78, 5) is 29.7. The number of nitrogen functional groups attached to an aromatic ring is 2. The maximum atomic E-state index is 13.0. The molecule has 9 nitrogen and oxygen atoms in total. The number of rotatable bonds is 5. The van der Waals surface area contributed by atoms with Crippen molar-refractivity contribution < 1.29 is 14.1 Å². The molecule has 1 heterocycles. The number of nitrogens with two attached hydrogens (primary N) is 2. The lowest BCUT2D eigenvalue weighted by atomic mass is 10.2. The van der Waals surface area contributed by atoms with Gasteiger partial charge in [-0.2, -0.15) is 0 Å². The zero-order chi connectivity index (χ0) is 17.0. The first-order valence-corrected chi connectivity index (χ1v) is 7.10. The molecule has 0 saturated heterocycles. The van der Waals surface area contributed by atoms with Gasteiger partial charge in [-0.3, -0.25) is 14.9 Å². The van der Waals surface area contributed by atoms with E-state index in [1.807, 2.05) is 0 Å². The smallest absolute Gasteiger partial charge is 0.295 e. The van der Waals surface area contributed by atoms with E-state index in [0.717, 1.165) is 30.0 Å². The summed E-state index contributed by atoms with van der Waals surface area (Å²) in [6.07, 6.45) is 0. The average Bonchev–Trinajstić information content (AvgIpc) is 2.46. The van der Waals surface area contributed by atoms with E-state index in [9.17, 15) is 19.3 Å². The number of hydrogen-bond donors (Lipinski definition) is 3. The molecular formula is C12H11FN6O3S. The predicted molar refractivity (Wildman–Crippen MR) is 83.3 cm³/mol. The molecule has 1 aromatic carbocycles. The molecule has 23 heavy (non-hydrogen) atoms. The molecule has 0 radical (unpaired) electrons. The maximum absolute atomic E-state index is 13.0. The Labute approximate surface area is 133 Å². The third-order valence-corrected chi connectivity index (χ3v) is 3.36. The summed E-state index contributed by atoms with van der Waals surface area (Å²) in [5.41, 5.74) is 10.4. The topological polar surface area (TPSA) is 150 Å². The molecule has 0 aliphatic carbocycles. The molecule has 2 rings (SSSR count). The van der Waals surface area contributed by atoms with Gasteiger partial charge in [0.05, 0.1) is 16.7 Å². The van der Waals surface area contributed by atoms with Crippen LogP contribution in [0.5, 0.6) is 0 Å². The molecule has 11 heteroatoms. The van der Waals surface area contributed by atoms with E-state index in [1.54, 1.807) is 0 Å². The third kappa shape index (κ3) is 4.51. The Kier molecular flexibility index (Phi) is 4.91. The highest BCUT2D eigenvalue weighted by atomic mass is 32.2. The Morgan fingerprint density at radius 2 is 1.96 bits per heavy atom. The number of nitro groups is 1. The number of hydrogen-bond acceptors (Lipinski definition) is 8. The van der Waals surface area contributed by atoms with Gasteiger partial charge in [0, 0.05) is 6.07 Å². The Morgan fingerprint density at radius 1 is 1.30 bits per heavy atom. The summed E-state index contributed by atoms with van der Waals surface area (Å²) in [6.45, 7) is 0. The summed E-state index contributed by atoms with van der Waals surface area (Å²) in [6, 6.07) is 4.22. The highest BCUT2D eigenvalue weighted by molar-refractivity contribution is 7.99. The van der Waals surface area contributed by atoms with Crippen molar-refractivity contribution in [2.45, 2.75) is 5.16 Å². The second-order valence-electron chi connectivity index (χ2n) is 4.26. The molecule has 0 atom stereocenters. The van der Waals surface area contributed by atoms with E-state index in [0.29, 0.717) is 0 Å². The number of anilines is 3. The molecule has 0 spiro atoms. The maximum Gasteiger partial charge on any atom is 0.295 e. The minimum absolute atomic E-state index is 0.102. The van der Waals surface area contributed by atoms with Crippen molar-refractivity contribution in [2.75, 3.05) is 22.5 Å². The van der Waals surface area contributed by atoms with Gasteiger partial charge in [0.25, 0.3) is 5.69 Å². The second kappa shape index (κ2) is 6.87. The standard InChI is InChI=1S/C12H11FN6O3S/c13-6-1-2-7(8(3-6)19(21)22)16-11(20)5-23-12-17-9(14)4-10(15)18-12/h1-4H,5H2,(H,16,20)(H4,14,15,17,18). The molecule has 0 bridgehead atoms. The SMILES string of the molecule is Nc1cc(N)nc(SCC(=O)Nc2ccc(F)cc2[N+](=O)[O-])n1. The quantitative estimate of drug-likeness (QED) is 0.320. The first kappa shape index (κ1) is 16.4. The van der Waals surface area contributed by atoms with Crippen molar-refractivity contribution in [1.82, 2.24) is 9.97 Å². The van der Waals surface area contributed by atoms with Crippen molar-refractivity contribution in [1.29, 1.82) is 0 Å². The van der Waals surface area contributed by atoms with Gasteiger partial charge in [0.15, 0.2) is 5.16 Å². The Bertz CT molecular complexity index is 752. The molecule has 120 valence electrons. The fraction of sp³-hybridized carbons (Fsp3) is 0.0833. The van der Waals surface area contributed by atoms with Gasteiger partial charge < -0.3 is 16.8 Å². The Balaban J connectivity index is 2.04. The Hall–Kier alpha value is -2.95. The van der Waals surface area contributed by atoms with Gasteiger partial charge in [-0.1, -0.05) is 11.8 Å². The van der Waals surface area contributed by atoms with Crippen LogP contribution >= 0.6 is 11.8 Å². The minimum Gasteiger partial charge on any atom is -0.383 e. The van der Waals surface area contributed by atoms with E-state index in [-0.39, 0.29) is 28.2 Å². The number of carbonyl (C=O) groups is 1. The fourth-order valence-electron chi connectivity index (χ4n) is 1.60. The van der Waals surface area contributed by atoms with Crippen LogP contribution in [0.2, 0.25) is 0 Å². The molecule has 0 aliphatic heterocycles. The summed E-state index contributed by atoms with van der Waals surface area (Å²) in [5.74, 6) is -1.12. The second-order valence-corrected chi connectivity index (χ2v) is 5.20. The lowest BCUT2D eigenvalue weighted by Gasteiger charge is -2.06. The normalized spacial score (nSPS) is 10.3. The third-order valence-electron chi connectivity index (χ3n) is 2.51. The summed E-state index contributed by atoms with van der Waals surface area (Å²) in [5, 5.41) is 13.4. The van der Waals surface area contributed by atoms with E-state index in [4.69, 9.17) is 11.5 Å². The van der Waals surface area contributed by atoms with Crippen LogP contribution in [-0.4, -0.2) is 26.6 Å². The molecule has 2 aromatic rings. The first-order chi connectivity index (χ1) is 10.8. The number of amides is 1. The highest BCUT2D eigenvalue weighted by Gasteiger charge is 2.17. The zero-order valence-electron chi connectivity index (χ0n) is 11.5. The Morgan fingerprint density at radius 3 is 2.57 bits per heavy atom. The molecule has 0 unspecified atom stereocenters. The minimum atomic E-state index is -0.784. The molecule has 0 fully saturated rings. The van der Waals surface area contributed by atoms with Gasteiger partial charge in [-0.15, -0.1) is 0 Å². The van der Waals surface area contributed by atoms with Crippen LogP contribution in [0.15, 0.2) is 29.4 Å². The number of aromatic nitrogens is 2. The summed E-state index contributed by atoms with van der Waals surface area (Å²) in [7, 11) is 0. The van der Waals surface area contributed by atoms with Crippen LogP contribution in [0, 0.1) is 15.9 Å². The van der Waals surface area contributed by atoms with Crippen LogP contribution in [0.25, 0.3) is 0 Å². The number of nitrogens with zero attached hydrogens (tertiary/aromatic N) is 3. The number of halogens is 1. The number of thioether (sulfide) groups is 1. The van der Waals surface area contributed by atoms with Crippen molar-refractivity contribution in [3.63, 3.8) is 0 Å².